The van der Waals surface area contributed by atoms with Gasteiger partial charge in [-0.15, -0.1) is 11.8 Å². The number of nitrogens with zero attached hydrogens (tertiary/aromatic N) is 2. The number of hydrogen-bond donors (Lipinski definition) is 2. The Bertz CT molecular complexity index is 444. The molecule has 0 spiro atoms. The first-order valence-electron chi connectivity index (χ1n) is 5.31. The molecule has 1 aliphatic heterocycles. The Morgan fingerprint density at radius 1 is 1.65 bits per heavy atom. The van der Waals surface area contributed by atoms with E-state index in [1.54, 1.807) is 22.2 Å². The van der Waals surface area contributed by atoms with Gasteiger partial charge in [0.05, 0.1) is 6.04 Å². The number of hydrogen-bond acceptors (Lipinski definition) is 4. The number of aryl methyl sites for hydroxylation is 1. The second-order valence-corrected chi connectivity index (χ2v) is 4.99. The van der Waals surface area contributed by atoms with E-state index in [2.05, 4.69) is 5.32 Å². The maximum Gasteiger partial charge on any atom is 0.268 e. The van der Waals surface area contributed by atoms with Crippen molar-refractivity contribution < 1.29 is 10.0 Å². The predicted molar refractivity (Wildman–Crippen MR) is 66.5 cm³/mol. The Morgan fingerprint density at radius 2 is 2.41 bits per heavy atom. The van der Waals surface area contributed by atoms with Crippen molar-refractivity contribution in [1.82, 2.24) is 14.9 Å². The number of hydroxylamine groups is 2. The SMILES string of the molecule is CC(NC(=O)c1cccn1C)C1SC=CN1O. The van der Waals surface area contributed by atoms with Crippen LogP contribution >= 0.6 is 11.8 Å². The Morgan fingerprint density at radius 3 is 2.94 bits per heavy atom. The van der Waals surface area contributed by atoms with Gasteiger partial charge in [-0.25, -0.2) is 5.06 Å². The van der Waals surface area contributed by atoms with E-state index in [9.17, 15) is 10.0 Å². The number of amides is 1. The first kappa shape index (κ1) is 12.1. The van der Waals surface area contributed by atoms with Crippen molar-refractivity contribution in [3.05, 3.63) is 35.6 Å². The van der Waals surface area contributed by atoms with Gasteiger partial charge < -0.3 is 9.88 Å². The van der Waals surface area contributed by atoms with Gasteiger partial charge in [0.1, 0.15) is 11.1 Å². The molecule has 0 saturated carbocycles. The maximum atomic E-state index is 11.9. The third-order valence-corrected chi connectivity index (χ3v) is 3.84. The zero-order valence-electron chi connectivity index (χ0n) is 9.70. The van der Waals surface area contributed by atoms with E-state index >= 15 is 0 Å². The Kier molecular flexibility index (Phi) is 3.44. The molecule has 1 aromatic heterocycles. The lowest BCUT2D eigenvalue weighted by Gasteiger charge is -2.25. The monoisotopic (exact) mass is 253 g/mol. The normalized spacial score (nSPS) is 20.6. The summed E-state index contributed by atoms with van der Waals surface area (Å²) in [5.41, 5.74) is 0.609. The van der Waals surface area contributed by atoms with Crippen molar-refractivity contribution in [2.45, 2.75) is 18.3 Å². The quantitative estimate of drug-likeness (QED) is 0.854. The third kappa shape index (κ3) is 2.48. The van der Waals surface area contributed by atoms with Crippen molar-refractivity contribution in [3.8, 4) is 0 Å². The molecule has 0 fully saturated rings. The average Bonchev–Trinajstić information content (AvgIpc) is 2.86. The zero-order chi connectivity index (χ0) is 12.4. The van der Waals surface area contributed by atoms with Gasteiger partial charge in [-0.1, -0.05) is 0 Å². The molecule has 17 heavy (non-hydrogen) atoms. The van der Waals surface area contributed by atoms with Crippen molar-refractivity contribution in [3.63, 3.8) is 0 Å². The van der Waals surface area contributed by atoms with E-state index < -0.39 is 0 Å². The molecular formula is C11H15N3O2S. The van der Waals surface area contributed by atoms with Gasteiger partial charge in [0, 0.05) is 19.4 Å². The number of aromatic nitrogens is 1. The van der Waals surface area contributed by atoms with Gasteiger partial charge in [0.2, 0.25) is 0 Å². The second kappa shape index (κ2) is 4.85. The molecule has 2 heterocycles. The molecular weight excluding hydrogens is 238 g/mol. The summed E-state index contributed by atoms with van der Waals surface area (Å²) in [7, 11) is 1.82. The van der Waals surface area contributed by atoms with Crippen LogP contribution in [0.4, 0.5) is 0 Å². The molecule has 2 N–H and O–H groups in total. The molecule has 0 saturated heterocycles. The van der Waals surface area contributed by atoms with Gasteiger partial charge in [-0.2, -0.15) is 0 Å². The second-order valence-electron chi connectivity index (χ2n) is 3.96. The van der Waals surface area contributed by atoms with Gasteiger partial charge in [-0.3, -0.25) is 10.0 Å². The molecule has 1 aliphatic rings. The predicted octanol–water partition coefficient (Wildman–Crippen LogP) is 1.38. The van der Waals surface area contributed by atoms with Crippen molar-refractivity contribution in [1.29, 1.82) is 0 Å². The highest BCUT2D eigenvalue weighted by Gasteiger charge is 2.26. The van der Waals surface area contributed by atoms with E-state index in [1.165, 1.54) is 11.8 Å². The largest absolute Gasteiger partial charge is 0.347 e. The summed E-state index contributed by atoms with van der Waals surface area (Å²) in [6.07, 6.45) is 3.41. The van der Waals surface area contributed by atoms with Crippen LogP contribution in [0.15, 0.2) is 29.9 Å². The highest BCUT2D eigenvalue weighted by atomic mass is 32.2. The standard InChI is InChI=1S/C11H15N3O2S/c1-8(11-14(16)6-7-17-11)12-10(15)9-4-3-5-13(9)2/h3-8,11,16H,1-2H3,(H,12,15). The van der Waals surface area contributed by atoms with E-state index in [-0.39, 0.29) is 17.3 Å². The number of carbonyl (C=O) groups is 1. The lowest BCUT2D eigenvalue weighted by atomic mass is 10.3. The minimum Gasteiger partial charge on any atom is -0.347 e. The van der Waals surface area contributed by atoms with Gasteiger partial charge in [0.25, 0.3) is 5.91 Å². The van der Waals surface area contributed by atoms with Gasteiger partial charge in [0.15, 0.2) is 0 Å². The number of carbonyl (C=O) groups excluding carboxylic acids is 1. The number of thioether (sulfide) groups is 1. The summed E-state index contributed by atoms with van der Waals surface area (Å²) in [5, 5.41) is 15.1. The summed E-state index contributed by atoms with van der Waals surface area (Å²) in [6.45, 7) is 1.87. The fraction of sp³-hybridized carbons (Fsp3) is 0.364. The first-order chi connectivity index (χ1) is 8.09. The number of nitrogens with one attached hydrogen (secondary N) is 1. The summed E-state index contributed by atoms with van der Waals surface area (Å²) in [5.74, 6) is -0.133. The van der Waals surface area contributed by atoms with Crippen molar-refractivity contribution in [2.75, 3.05) is 0 Å². The maximum absolute atomic E-state index is 11.9. The Balaban J connectivity index is 1.97. The highest BCUT2D eigenvalue weighted by Crippen LogP contribution is 2.25. The molecule has 1 aromatic rings. The average molecular weight is 253 g/mol. The molecule has 1 amide bonds. The van der Waals surface area contributed by atoms with E-state index in [0.717, 1.165) is 5.06 Å². The molecule has 5 nitrogen and oxygen atoms in total. The van der Waals surface area contributed by atoms with Crippen LogP contribution in [0, 0.1) is 0 Å². The van der Waals surface area contributed by atoms with Crippen LogP contribution < -0.4 is 5.32 Å². The van der Waals surface area contributed by atoms with E-state index in [4.69, 9.17) is 0 Å². The van der Waals surface area contributed by atoms with Crippen molar-refractivity contribution >= 4 is 17.7 Å². The van der Waals surface area contributed by atoms with Crippen LogP contribution in [0.3, 0.4) is 0 Å². The van der Waals surface area contributed by atoms with E-state index in [1.807, 2.05) is 26.2 Å². The van der Waals surface area contributed by atoms with Crippen LogP contribution in [-0.4, -0.2) is 32.2 Å². The van der Waals surface area contributed by atoms with Gasteiger partial charge in [-0.05, 0) is 24.5 Å². The van der Waals surface area contributed by atoms with Crippen LogP contribution in [0.2, 0.25) is 0 Å². The molecule has 0 aliphatic carbocycles. The van der Waals surface area contributed by atoms with Crippen LogP contribution in [0.5, 0.6) is 0 Å². The molecule has 2 atom stereocenters. The molecule has 6 heteroatoms. The molecule has 0 aromatic carbocycles. The summed E-state index contributed by atoms with van der Waals surface area (Å²) >= 11 is 1.48. The molecule has 92 valence electrons. The molecule has 0 bridgehead atoms. The Labute approximate surface area is 104 Å². The van der Waals surface area contributed by atoms with Crippen LogP contribution in [-0.2, 0) is 7.05 Å². The molecule has 2 rings (SSSR count). The fourth-order valence-corrected chi connectivity index (χ4v) is 2.58. The van der Waals surface area contributed by atoms with E-state index in [0.29, 0.717) is 5.69 Å². The van der Waals surface area contributed by atoms with Crippen molar-refractivity contribution in [2.24, 2.45) is 7.05 Å². The highest BCUT2D eigenvalue weighted by molar-refractivity contribution is 8.02. The minimum atomic E-state index is -0.167. The van der Waals surface area contributed by atoms with Crippen LogP contribution in [0.1, 0.15) is 17.4 Å². The lowest BCUT2D eigenvalue weighted by molar-refractivity contribution is -0.0548. The molecule has 2 unspecified atom stereocenters. The zero-order valence-corrected chi connectivity index (χ0v) is 10.5. The number of rotatable bonds is 3. The minimum absolute atomic E-state index is 0.133. The van der Waals surface area contributed by atoms with Crippen LogP contribution in [0.25, 0.3) is 0 Å². The summed E-state index contributed by atoms with van der Waals surface area (Å²) in [6, 6.07) is 3.44. The summed E-state index contributed by atoms with van der Waals surface area (Å²) < 4.78 is 1.76. The molecule has 0 radical (unpaired) electrons. The fourth-order valence-electron chi connectivity index (χ4n) is 1.72. The lowest BCUT2D eigenvalue weighted by Crippen LogP contribution is -2.44. The first-order valence-corrected chi connectivity index (χ1v) is 6.25. The smallest absolute Gasteiger partial charge is 0.268 e. The summed E-state index contributed by atoms with van der Waals surface area (Å²) in [4.78, 5) is 11.9. The van der Waals surface area contributed by atoms with Gasteiger partial charge >= 0.3 is 0 Å². The topological polar surface area (TPSA) is 57.5 Å². The Hall–Kier alpha value is -1.40. The third-order valence-electron chi connectivity index (χ3n) is 2.66.